The normalized spacial score (nSPS) is 20.6. The minimum Gasteiger partial charge on any atom is -0.504 e. The SMILES string of the molecule is COc1ccc(/C=C2\C(=O)NC(=O)N(C3CCCC3)C2=O)cc1O. The van der Waals surface area contributed by atoms with Gasteiger partial charge in [0.25, 0.3) is 11.8 Å². The third kappa shape index (κ3) is 2.84. The van der Waals surface area contributed by atoms with Gasteiger partial charge in [-0.05, 0) is 36.6 Å². The molecule has 1 aliphatic carbocycles. The van der Waals surface area contributed by atoms with Crippen LogP contribution in [0.3, 0.4) is 0 Å². The van der Waals surface area contributed by atoms with Crippen molar-refractivity contribution in [2.24, 2.45) is 0 Å². The monoisotopic (exact) mass is 330 g/mol. The Bertz CT molecular complexity index is 734. The molecule has 7 nitrogen and oxygen atoms in total. The lowest BCUT2D eigenvalue weighted by atomic mass is 10.0. The number of carbonyl (C=O) groups excluding carboxylic acids is 3. The molecule has 7 heteroatoms. The first-order chi connectivity index (χ1) is 11.5. The van der Waals surface area contributed by atoms with Gasteiger partial charge < -0.3 is 9.84 Å². The van der Waals surface area contributed by atoms with E-state index in [1.807, 2.05) is 0 Å². The molecule has 2 fully saturated rings. The number of methoxy groups -OCH3 is 1. The van der Waals surface area contributed by atoms with E-state index in [4.69, 9.17) is 4.74 Å². The molecule has 1 aromatic rings. The van der Waals surface area contributed by atoms with E-state index >= 15 is 0 Å². The number of hydrogen-bond donors (Lipinski definition) is 2. The molecule has 2 aliphatic rings. The van der Waals surface area contributed by atoms with Crippen LogP contribution in [0.2, 0.25) is 0 Å². The Labute approximate surface area is 138 Å². The van der Waals surface area contributed by atoms with Gasteiger partial charge in [-0.15, -0.1) is 0 Å². The summed E-state index contributed by atoms with van der Waals surface area (Å²) >= 11 is 0. The maximum Gasteiger partial charge on any atom is 0.331 e. The smallest absolute Gasteiger partial charge is 0.331 e. The zero-order valence-electron chi connectivity index (χ0n) is 13.2. The molecule has 0 aromatic heterocycles. The number of carbonyl (C=O) groups is 3. The summed E-state index contributed by atoms with van der Waals surface area (Å²) in [6.07, 6.45) is 4.79. The van der Waals surface area contributed by atoms with Gasteiger partial charge >= 0.3 is 6.03 Å². The molecule has 2 N–H and O–H groups in total. The van der Waals surface area contributed by atoms with Gasteiger partial charge in [-0.2, -0.15) is 0 Å². The minimum atomic E-state index is -0.727. The minimum absolute atomic E-state index is 0.0979. The summed E-state index contributed by atoms with van der Waals surface area (Å²) < 4.78 is 4.96. The van der Waals surface area contributed by atoms with Gasteiger partial charge in [0.15, 0.2) is 11.5 Å². The highest BCUT2D eigenvalue weighted by Gasteiger charge is 2.40. The summed E-state index contributed by atoms with van der Waals surface area (Å²) in [5, 5.41) is 12.0. The highest BCUT2D eigenvalue weighted by molar-refractivity contribution is 6.31. The lowest BCUT2D eigenvalue weighted by molar-refractivity contribution is -0.131. The quantitative estimate of drug-likeness (QED) is 0.651. The van der Waals surface area contributed by atoms with Crippen molar-refractivity contribution in [3.05, 3.63) is 29.3 Å². The van der Waals surface area contributed by atoms with Crippen LogP contribution in [0, 0.1) is 0 Å². The van der Waals surface area contributed by atoms with Crippen LogP contribution >= 0.6 is 0 Å². The number of hydrogen-bond acceptors (Lipinski definition) is 5. The van der Waals surface area contributed by atoms with Crippen LogP contribution in [0.4, 0.5) is 4.79 Å². The number of rotatable bonds is 3. The molecule has 126 valence electrons. The van der Waals surface area contributed by atoms with Gasteiger partial charge in [-0.1, -0.05) is 18.9 Å². The summed E-state index contributed by atoms with van der Waals surface area (Å²) in [4.78, 5) is 37.9. The zero-order chi connectivity index (χ0) is 17.3. The van der Waals surface area contributed by atoms with Crippen LogP contribution in [-0.2, 0) is 9.59 Å². The van der Waals surface area contributed by atoms with Crippen molar-refractivity contribution in [3.8, 4) is 11.5 Å². The number of barbiturate groups is 1. The second kappa shape index (κ2) is 6.35. The van der Waals surface area contributed by atoms with Gasteiger partial charge in [0, 0.05) is 6.04 Å². The highest BCUT2D eigenvalue weighted by atomic mass is 16.5. The third-order valence-electron chi connectivity index (χ3n) is 4.34. The summed E-state index contributed by atoms with van der Waals surface area (Å²) in [5.74, 6) is -1.13. The number of imide groups is 2. The molecule has 24 heavy (non-hydrogen) atoms. The van der Waals surface area contributed by atoms with Crippen LogP contribution in [0.5, 0.6) is 11.5 Å². The standard InChI is InChI=1S/C17H18N2O5/c1-24-14-7-6-10(9-13(14)20)8-12-15(21)18-17(23)19(16(12)22)11-4-2-3-5-11/h6-9,11,20H,2-5H2,1H3,(H,18,21,23)/b12-8+. The molecule has 0 spiro atoms. The number of ether oxygens (including phenoxy) is 1. The average molecular weight is 330 g/mol. The lowest BCUT2D eigenvalue weighted by Crippen LogP contribution is -2.57. The van der Waals surface area contributed by atoms with Crippen molar-refractivity contribution in [2.45, 2.75) is 31.7 Å². The number of urea groups is 1. The van der Waals surface area contributed by atoms with Crippen molar-refractivity contribution < 1.29 is 24.2 Å². The molecule has 4 amide bonds. The molecule has 1 heterocycles. The summed E-state index contributed by atoms with van der Waals surface area (Å²) in [6, 6.07) is 3.71. The fourth-order valence-corrected chi connectivity index (χ4v) is 3.13. The van der Waals surface area contributed by atoms with Crippen molar-refractivity contribution in [2.75, 3.05) is 7.11 Å². The van der Waals surface area contributed by atoms with E-state index in [0.717, 1.165) is 30.6 Å². The van der Waals surface area contributed by atoms with E-state index in [0.29, 0.717) is 11.3 Å². The van der Waals surface area contributed by atoms with Crippen molar-refractivity contribution in [1.29, 1.82) is 0 Å². The topological polar surface area (TPSA) is 95.9 Å². The predicted octanol–water partition coefficient (Wildman–Crippen LogP) is 1.81. The van der Waals surface area contributed by atoms with Gasteiger partial charge in [0.05, 0.1) is 7.11 Å². The van der Waals surface area contributed by atoms with E-state index in [2.05, 4.69) is 5.32 Å². The lowest BCUT2D eigenvalue weighted by Gasteiger charge is -2.31. The predicted molar refractivity (Wildman–Crippen MR) is 85.3 cm³/mol. The second-order valence-electron chi connectivity index (χ2n) is 5.86. The molecule has 3 rings (SSSR count). The van der Waals surface area contributed by atoms with E-state index in [9.17, 15) is 19.5 Å². The first kappa shape index (κ1) is 16.0. The Kier molecular flexibility index (Phi) is 4.24. The van der Waals surface area contributed by atoms with E-state index < -0.39 is 17.8 Å². The number of phenolic OH excluding ortho intramolecular Hbond substituents is 1. The number of nitrogens with one attached hydrogen (secondary N) is 1. The maximum atomic E-state index is 12.6. The van der Waals surface area contributed by atoms with Crippen LogP contribution in [0.15, 0.2) is 23.8 Å². The van der Waals surface area contributed by atoms with Crippen molar-refractivity contribution >= 4 is 23.9 Å². The molecule has 0 atom stereocenters. The number of amides is 4. The highest BCUT2D eigenvalue weighted by Crippen LogP contribution is 2.29. The second-order valence-corrected chi connectivity index (χ2v) is 5.86. The van der Waals surface area contributed by atoms with Gasteiger partial charge in [0.2, 0.25) is 0 Å². The van der Waals surface area contributed by atoms with E-state index in [1.165, 1.54) is 25.3 Å². The summed E-state index contributed by atoms with van der Waals surface area (Å²) in [7, 11) is 1.43. The molecule has 0 bridgehead atoms. The fourth-order valence-electron chi connectivity index (χ4n) is 3.13. The number of aromatic hydroxyl groups is 1. The van der Waals surface area contributed by atoms with E-state index in [1.54, 1.807) is 6.07 Å². The zero-order valence-corrected chi connectivity index (χ0v) is 13.2. The molecule has 0 radical (unpaired) electrons. The fraction of sp³-hybridized carbons (Fsp3) is 0.353. The number of benzene rings is 1. The largest absolute Gasteiger partial charge is 0.504 e. The van der Waals surface area contributed by atoms with Crippen LogP contribution in [0.25, 0.3) is 6.08 Å². The summed E-state index contributed by atoms with van der Waals surface area (Å²) in [5.41, 5.74) is 0.346. The van der Waals surface area contributed by atoms with Crippen molar-refractivity contribution in [3.63, 3.8) is 0 Å². The number of phenols is 1. The average Bonchev–Trinajstić information content (AvgIpc) is 3.05. The first-order valence-corrected chi connectivity index (χ1v) is 7.79. The van der Waals surface area contributed by atoms with Crippen LogP contribution in [-0.4, -0.2) is 41.0 Å². The van der Waals surface area contributed by atoms with E-state index in [-0.39, 0.29) is 17.4 Å². The number of nitrogens with zero attached hydrogens (tertiary/aromatic N) is 1. The van der Waals surface area contributed by atoms with Crippen LogP contribution < -0.4 is 10.1 Å². The Morgan fingerprint density at radius 2 is 1.96 bits per heavy atom. The molecule has 1 aliphatic heterocycles. The maximum absolute atomic E-state index is 12.6. The molecule has 1 aromatic carbocycles. The molecule has 1 saturated carbocycles. The molecule has 1 saturated heterocycles. The Morgan fingerprint density at radius 1 is 1.25 bits per heavy atom. The Morgan fingerprint density at radius 3 is 2.58 bits per heavy atom. The first-order valence-electron chi connectivity index (χ1n) is 7.79. The molecule has 0 unspecified atom stereocenters. The Hall–Kier alpha value is -2.83. The molecular formula is C17H18N2O5. The third-order valence-corrected chi connectivity index (χ3v) is 4.34. The Balaban J connectivity index is 1.93. The van der Waals surface area contributed by atoms with Crippen molar-refractivity contribution in [1.82, 2.24) is 10.2 Å². The van der Waals surface area contributed by atoms with Gasteiger partial charge in [-0.3, -0.25) is 19.8 Å². The van der Waals surface area contributed by atoms with Crippen LogP contribution in [0.1, 0.15) is 31.2 Å². The van der Waals surface area contributed by atoms with Gasteiger partial charge in [0.1, 0.15) is 5.57 Å². The van der Waals surface area contributed by atoms with Gasteiger partial charge in [-0.25, -0.2) is 4.79 Å². The summed E-state index contributed by atoms with van der Waals surface area (Å²) in [6.45, 7) is 0. The molecular weight excluding hydrogens is 312 g/mol.